The summed E-state index contributed by atoms with van der Waals surface area (Å²) in [6.45, 7) is 4.20. The fourth-order valence-electron chi connectivity index (χ4n) is 1.98. The summed E-state index contributed by atoms with van der Waals surface area (Å²) in [7, 11) is 0. The first-order valence-corrected chi connectivity index (χ1v) is 6.33. The third-order valence-corrected chi connectivity index (χ3v) is 3.00. The second-order valence-corrected chi connectivity index (χ2v) is 4.22. The maximum atomic E-state index is 12.2. The highest BCUT2D eigenvalue weighted by Crippen LogP contribution is 2.08. The van der Waals surface area contributed by atoms with Gasteiger partial charge >= 0.3 is 6.09 Å². The minimum absolute atomic E-state index is 0. The first-order chi connectivity index (χ1) is 9.22. The number of pyridine rings is 1. The molecule has 6 nitrogen and oxygen atoms in total. The molecule has 0 radical (unpaired) electrons. The molecule has 0 unspecified atom stereocenters. The van der Waals surface area contributed by atoms with Crippen molar-refractivity contribution in [1.29, 1.82) is 0 Å². The number of aromatic nitrogens is 1. The number of carbonyl (C=O) groups excluding carboxylic acids is 2. The van der Waals surface area contributed by atoms with Crippen molar-refractivity contribution in [1.82, 2.24) is 14.8 Å². The Kier molecular flexibility index (Phi) is 6.24. The lowest BCUT2D eigenvalue weighted by atomic mass is 10.2. The van der Waals surface area contributed by atoms with Crippen LogP contribution in [0.1, 0.15) is 17.3 Å². The Labute approximate surface area is 124 Å². The normalized spacial score (nSPS) is 14.4. The molecule has 110 valence electrons. The number of amides is 2. The number of ether oxygens (including phenoxy) is 1. The average molecular weight is 300 g/mol. The highest BCUT2D eigenvalue weighted by molar-refractivity contribution is 5.94. The largest absolute Gasteiger partial charge is 0.450 e. The summed E-state index contributed by atoms with van der Waals surface area (Å²) < 4.78 is 4.94. The Balaban J connectivity index is 0.00000200. The quantitative estimate of drug-likeness (QED) is 0.828. The Bertz CT molecular complexity index is 447. The Hall–Kier alpha value is -1.82. The summed E-state index contributed by atoms with van der Waals surface area (Å²) >= 11 is 0. The topological polar surface area (TPSA) is 62.7 Å². The smallest absolute Gasteiger partial charge is 0.409 e. The third-order valence-electron chi connectivity index (χ3n) is 3.00. The van der Waals surface area contributed by atoms with E-state index in [9.17, 15) is 9.59 Å². The predicted octanol–water partition coefficient (Wildman–Crippen LogP) is 1.42. The molecule has 1 aromatic heterocycles. The summed E-state index contributed by atoms with van der Waals surface area (Å²) in [4.78, 5) is 31.0. The molecular weight excluding hydrogens is 282 g/mol. The molecule has 1 aromatic rings. The van der Waals surface area contributed by atoms with Gasteiger partial charge in [0.1, 0.15) is 0 Å². The van der Waals surface area contributed by atoms with Gasteiger partial charge in [-0.15, -0.1) is 12.4 Å². The van der Waals surface area contributed by atoms with Gasteiger partial charge in [0.05, 0.1) is 12.2 Å². The molecule has 1 saturated heterocycles. The fraction of sp³-hybridized carbons (Fsp3) is 0.462. The van der Waals surface area contributed by atoms with Gasteiger partial charge in [-0.25, -0.2) is 4.79 Å². The van der Waals surface area contributed by atoms with E-state index in [1.54, 1.807) is 41.2 Å². The second-order valence-electron chi connectivity index (χ2n) is 4.22. The van der Waals surface area contributed by atoms with Gasteiger partial charge in [0, 0.05) is 38.6 Å². The van der Waals surface area contributed by atoms with Gasteiger partial charge in [0.25, 0.3) is 5.91 Å². The zero-order valence-electron chi connectivity index (χ0n) is 11.3. The lowest BCUT2D eigenvalue weighted by Crippen LogP contribution is -2.50. The molecule has 2 amide bonds. The number of rotatable bonds is 2. The first-order valence-electron chi connectivity index (χ1n) is 6.33. The van der Waals surface area contributed by atoms with Crippen molar-refractivity contribution in [3.05, 3.63) is 30.1 Å². The highest BCUT2D eigenvalue weighted by atomic mass is 35.5. The minimum atomic E-state index is -0.309. The van der Waals surface area contributed by atoms with E-state index in [1.807, 2.05) is 0 Å². The first kappa shape index (κ1) is 16.2. The van der Waals surface area contributed by atoms with E-state index >= 15 is 0 Å². The number of piperazine rings is 1. The van der Waals surface area contributed by atoms with Crippen LogP contribution in [0.3, 0.4) is 0 Å². The van der Waals surface area contributed by atoms with Crippen LogP contribution in [0, 0.1) is 0 Å². The summed E-state index contributed by atoms with van der Waals surface area (Å²) in [5.74, 6) is -0.0448. The molecule has 1 fully saturated rings. The molecule has 2 heterocycles. The van der Waals surface area contributed by atoms with E-state index in [-0.39, 0.29) is 24.4 Å². The summed E-state index contributed by atoms with van der Waals surface area (Å²) in [5, 5.41) is 0. The summed E-state index contributed by atoms with van der Waals surface area (Å²) in [6.07, 6.45) is 2.88. The van der Waals surface area contributed by atoms with E-state index in [0.29, 0.717) is 38.3 Å². The van der Waals surface area contributed by atoms with Crippen LogP contribution in [0.4, 0.5) is 4.79 Å². The fourth-order valence-corrected chi connectivity index (χ4v) is 1.98. The van der Waals surface area contributed by atoms with Crippen LogP contribution >= 0.6 is 12.4 Å². The van der Waals surface area contributed by atoms with Crippen molar-refractivity contribution in [2.24, 2.45) is 0 Å². The highest BCUT2D eigenvalue weighted by Gasteiger charge is 2.25. The molecule has 0 aliphatic carbocycles. The maximum Gasteiger partial charge on any atom is 0.409 e. The van der Waals surface area contributed by atoms with Crippen LogP contribution in [0.15, 0.2) is 24.5 Å². The molecule has 0 aromatic carbocycles. The molecule has 7 heteroatoms. The van der Waals surface area contributed by atoms with E-state index < -0.39 is 0 Å². The number of carbonyl (C=O) groups is 2. The molecule has 0 spiro atoms. The van der Waals surface area contributed by atoms with Crippen molar-refractivity contribution >= 4 is 24.4 Å². The van der Waals surface area contributed by atoms with E-state index in [0.717, 1.165) is 0 Å². The molecule has 1 aliphatic heterocycles. The van der Waals surface area contributed by atoms with Crippen LogP contribution in [0.2, 0.25) is 0 Å². The van der Waals surface area contributed by atoms with E-state index in [4.69, 9.17) is 4.74 Å². The van der Waals surface area contributed by atoms with Crippen molar-refractivity contribution < 1.29 is 14.3 Å². The standard InChI is InChI=1S/C13H17N3O3.ClH/c1-2-19-13(18)16-8-6-15(7-9-16)12(17)11-4-3-5-14-10-11;/h3-5,10H,2,6-9H2,1H3;1H. The van der Waals surface area contributed by atoms with Gasteiger partial charge in [-0.2, -0.15) is 0 Å². The average Bonchev–Trinajstić information content (AvgIpc) is 2.48. The van der Waals surface area contributed by atoms with Crippen LogP contribution in [0.25, 0.3) is 0 Å². The van der Waals surface area contributed by atoms with Crippen LogP contribution in [0.5, 0.6) is 0 Å². The SMILES string of the molecule is CCOC(=O)N1CCN(C(=O)c2cccnc2)CC1.Cl. The molecule has 0 N–H and O–H groups in total. The molecule has 2 rings (SSSR count). The van der Waals surface area contributed by atoms with Gasteiger partial charge < -0.3 is 14.5 Å². The van der Waals surface area contributed by atoms with Crippen molar-refractivity contribution in [3.8, 4) is 0 Å². The minimum Gasteiger partial charge on any atom is -0.450 e. The van der Waals surface area contributed by atoms with Crippen molar-refractivity contribution in [2.75, 3.05) is 32.8 Å². The molecule has 20 heavy (non-hydrogen) atoms. The summed E-state index contributed by atoms with van der Waals surface area (Å²) in [5.41, 5.74) is 0.576. The lowest BCUT2D eigenvalue weighted by molar-refractivity contribution is 0.0570. The Morgan fingerprint density at radius 2 is 1.90 bits per heavy atom. The monoisotopic (exact) mass is 299 g/mol. The predicted molar refractivity (Wildman–Crippen MR) is 76.0 cm³/mol. The van der Waals surface area contributed by atoms with Gasteiger partial charge in [-0.1, -0.05) is 0 Å². The second kappa shape index (κ2) is 7.69. The van der Waals surface area contributed by atoms with Crippen LogP contribution < -0.4 is 0 Å². The lowest BCUT2D eigenvalue weighted by Gasteiger charge is -2.34. The number of nitrogens with zero attached hydrogens (tertiary/aromatic N) is 3. The molecule has 0 atom stereocenters. The van der Waals surface area contributed by atoms with Gasteiger partial charge in [0.2, 0.25) is 0 Å². The Morgan fingerprint density at radius 1 is 1.25 bits per heavy atom. The van der Waals surface area contributed by atoms with E-state index in [2.05, 4.69) is 4.98 Å². The van der Waals surface area contributed by atoms with Crippen LogP contribution in [-0.2, 0) is 4.74 Å². The zero-order valence-corrected chi connectivity index (χ0v) is 12.1. The molecule has 0 bridgehead atoms. The Morgan fingerprint density at radius 3 is 2.45 bits per heavy atom. The molecular formula is C13H18ClN3O3. The molecule has 0 saturated carbocycles. The summed E-state index contributed by atoms with van der Waals surface area (Å²) in [6, 6.07) is 3.48. The number of halogens is 1. The third kappa shape index (κ3) is 3.84. The van der Waals surface area contributed by atoms with E-state index in [1.165, 1.54) is 0 Å². The molecule has 1 aliphatic rings. The van der Waals surface area contributed by atoms with Crippen LogP contribution in [-0.4, -0.2) is 59.6 Å². The van der Waals surface area contributed by atoms with Gasteiger partial charge in [0.15, 0.2) is 0 Å². The zero-order chi connectivity index (χ0) is 13.7. The maximum absolute atomic E-state index is 12.2. The van der Waals surface area contributed by atoms with Gasteiger partial charge in [-0.3, -0.25) is 9.78 Å². The number of hydrogen-bond acceptors (Lipinski definition) is 4. The van der Waals surface area contributed by atoms with Crippen molar-refractivity contribution in [3.63, 3.8) is 0 Å². The number of hydrogen-bond donors (Lipinski definition) is 0. The van der Waals surface area contributed by atoms with Gasteiger partial charge in [-0.05, 0) is 19.1 Å². The van der Waals surface area contributed by atoms with Crippen molar-refractivity contribution in [2.45, 2.75) is 6.92 Å².